The average molecular weight is 350 g/mol. The van der Waals surface area contributed by atoms with E-state index in [9.17, 15) is 4.79 Å². The minimum Gasteiger partial charge on any atom is -0.457 e. The van der Waals surface area contributed by atoms with Crippen molar-refractivity contribution in [1.29, 1.82) is 0 Å². The Morgan fingerprint density at radius 2 is 1.76 bits per heavy atom. The standard InChI is InChI=1S/C19H14N2O3S/c1-12-11-25-17-16(12)21-19(24-18(17)22)20-13-7-9-15(10-8-13)23-14-5-3-2-4-6-14/h2-11H,1H3,(H,20,21). The van der Waals surface area contributed by atoms with Gasteiger partial charge in [-0.3, -0.25) is 0 Å². The van der Waals surface area contributed by atoms with Gasteiger partial charge in [0, 0.05) is 5.69 Å². The molecule has 2 aromatic carbocycles. The Bertz CT molecular complexity index is 1070. The Morgan fingerprint density at radius 3 is 2.52 bits per heavy atom. The highest BCUT2D eigenvalue weighted by atomic mass is 32.1. The van der Waals surface area contributed by atoms with Gasteiger partial charge in [0.25, 0.3) is 0 Å². The molecule has 0 bridgehead atoms. The molecule has 0 saturated carbocycles. The van der Waals surface area contributed by atoms with Crippen LogP contribution in [0.3, 0.4) is 0 Å². The van der Waals surface area contributed by atoms with E-state index in [0.29, 0.717) is 10.2 Å². The quantitative estimate of drug-likeness (QED) is 0.555. The van der Waals surface area contributed by atoms with Gasteiger partial charge >= 0.3 is 11.6 Å². The number of thiophene rings is 1. The zero-order valence-electron chi connectivity index (χ0n) is 13.4. The molecule has 0 saturated heterocycles. The van der Waals surface area contributed by atoms with E-state index in [2.05, 4.69) is 10.3 Å². The molecular formula is C19H14N2O3S. The summed E-state index contributed by atoms with van der Waals surface area (Å²) in [4.78, 5) is 16.4. The number of benzene rings is 2. The fourth-order valence-corrected chi connectivity index (χ4v) is 3.25. The van der Waals surface area contributed by atoms with Crippen LogP contribution in [0.15, 0.2) is 69.2 Å². The second-order valence-corrected chi connectivity index (χ2v) is 6.35. The van der Waals surface area contributed by atoms with Gasteiger partial charge in [-0.15, -0.1) is 11.3 Å². The molecule has 4 aromatic rings. The molecular weight excluding hydrogens is 336 g/mol. The molecule has 0 aliphatic heterocycles. The van der Waals surface area contributed by atoms with E-state index in [0.717, 1.165) is 22.7 Å². The van der Waals surface area contributed by atoms with Gasteiger partial charge in [0.1, 0.15) is 16.2 Å². The van der Waals surface area contributed by atoms with E-state index < -0.39 is 0 Å². The third-order valence-electron chi connectivity index (χ3n) is 3.61. The minimum absolute atomic E-state index is 0.177. The highest BCUT2D eigenvalue weighted by Gasteiger charge is 2.10. The summed E-state index contributed by atoms with van der Waals surface area (Å²) < 4.78 is 11.5. The number of hydrogen-bond acceptors (Lipinski definition) is 6. The third kappa shape index (κ3) is 3.25. The Labute approximate surface area is 147 Å². The monoisotopic (exact) mass is 350 g/mol. The van der Waals surface area contributed by atoms with Gasteiger partial charge in [-0.05, 0) is 54.3 Å². The Morgan fingerprint density at radius 1 is 1.04 bits per heavy atom. The zero-order valence-corrected chi connectivity index (χ0v) is 14.2. The number of fused-ring (bicyclic) bond motifs is 1. The number of hydrogen-bond donors (Lipinski definition) is 1. The number of para-hydroxylation sites is 1. The van der Waals surface area contributed by atoms with Gasteiger partial charge in [0.05, 0.1) is 5.52 Å². The predicted molar refractivity (Wildman–Crippen MR) is 99.1 cm³/mol. The van der Waals surface area contributed by atoms with Crippen molar-refractivity contribution in [2.24, 2.45) is 0 Å². The summed E-state index contributed by atoms with van der Waals surface area (Å²) in [5, 5.41) is 4.91. The van der Waals surface area contributed by atoms with Crippen molar-refractivity contribution >= 4 is 33.3 Å². The first-order valence-corrected chi connectivity index (χ1v) is 8.56. The van der Waals surface area contributed by atoms with Crippen molar-refractivity contribution in [3.8, 4) is 11.5 Å². The highest BCUT2D eigenvalue weighted by Crippen LogP contribution is 2.25. The van der Waals surface area contributed by atoms with Crippen LogP contribution in [0.25, 0.3) is 10.2 Å². The van der Waals surface area contributed by atoms with Gasteiger partial charge in [-0.2, -0.15) is 4.98 Å². The first-order chi connectivity index (χ1) is 12.2. The largest absolute Gasteiger partial charge is 0.457 e. The smallest absolute Gasteiger partial charge is 0.358 e. The number of rotatable bonds is 4. The van der Waals surface area contributed by atoms with Gasteiger partial charge in [-0.1, -0.05) is 18.2 Å². The van der Waals surface area contributed by atoms with Crippen LogP contribution in [0.1, 0.15) is 5.56 Å². The second-order valence-electron chi connectivity index (χ2n) is 5.47. The SMILES string of the molecule is Cc1csc2c(=O)oc(Nc3ccc(Oc4ccccc4)cc3)nc12. The minimum atomic E-state index is -0.380. The molecule has 0 unspecified atom stereocenters. The number of aromatic nitrogens is 1. The number of nitrogens with one attached hydrogen (secondary N) is 1. The lowest BCUT2D eigenvalue weighted by molar-refractivity contribution is 0.482. The van der Waals surface area contributed by atoms with Crippen molar-refractivity contribution in [2.45, 2.75) is 6.92 Å². The summed E-state index contributed by atoms with van der Waals surface area (Å²) in [5.41, 5.74) is 2.01. The molecule has 124 valence electrons. The van der Waals surface area contributed by atoms with E-state index in [-0.39, 0.29) is 11.6 Å². The first kappa shape index (κ1) is 15.4. The molecule has 25 heavy (non-hydrogen) atoms. The van der Waals surface area contributed by atoms with Crippen LogP contribution in [0.2, 0.25) is 0 Å². The maximum atomic E-state index is 12.0. The summed E-state index contributed by atoms with van der Waals surface area (Å²) >= 11 is 1.35. The molecule has 6 heteroatoms. The molecule has 0 fully saturated rings. The molecule has 4 rings (SSSR count). The predicted octanol–water partition coefficient (Wildman–Crippen LogP) is 5.09. The lowest BCUT2D eigenvalue weighted by atomic mass is 10.3. The maximum Gasteiger partial charge on any atom is 0.358 e. The Balaban J connectivity index is 1.55. The van der Waals surface area contributed by atoms with E-state index >= 15 is 0 Å². The Hall–Kier alpha value is -3.12. The van der Waals surface area contributed by atoms with Gasteiger partial charge in [0.2, 0.25) is 0 Å². The van der Waals surface area contributed by atoms with Crippen LogP contribution >= 0.6 is 11.3 Å². The van der Waals surface area contributed by atoms with Crippen molar-refractivity contribution in [1.82, 2.24) is 4.98 Å². The van der Waals surface area contributed by atoms with E-state index in [1.165, 1.54) is 11.3 Å². The van der Waals surface area contributed by atoms with Crippen LogP contribution < -0.4 is 15.7 Å². The molecule has 0 aliphatic rings. The second kappa shape index (κ2) is 6.41. The molecule has 2 aromatic heterocycles. The summed E-state index contributed by atoms with van der Waals surface area (Å²) in [6.45, 7) is 1.92. The van der Waals surface area contributed by atoms with E-state index in [1.54, 1.807) is 0 Å². The molecule has 0 amide bonds. The number of ether oxygens (including phenoxy) is 1. The maximum absolute atomic E-state index is 12.0. The van der Waals surface area contributed by atoms with E-state index in [1.807, 2.05) is 66.9 Å². The molecule has 0 radical (unpaired) electrons. The van der Waals surface area contributed by atoms with Crippen molar-refractivity contribution in [3.63, 3.8) is 0 Å². The normalized spacial score (nSPS) is 10.8. The summed E-state index contributed by atoms with van der Waals surface area (Å²) in [5.74, 6) is 1.49. The first-order valence-electron chi connectivity index (χ1n) is 7.68. The Kier molecular flexibility index (Phi) is 3.95. The van der Waals surface area contributed by atoms with Crippen LogP contribution in [-0.4, -0.2) is 4.98 Å². The molecule has 5 nitrogen and oxygen atoms in total. The van der Waals surface area contributed by atoms with Crippen molar-refractivity contribution in [3.05, 3.63) is 76.0 Å². The number of anilines is 2. The average Bonchev–Trinajstić information content (AvgIpc) is 2.99. The summed E-state index contributed by atoms with van der Waals surface area (Å²) in [6.07, 6.45) is 0. The topological polar surface area (TPSA) is 64.4 Å². The molecule has 1 N–H and O–H groups in total. The fraction of sp³-hybridized carbons (Fsp3) is 0.0526. The molecule has 0 atom stereocenters. The molecule has 0 aliphatic carbocycles. The van der Waals surface area contributed by atoms with Crippen LogP contribution in [0, 0.1) is 6.92 Å². The van der Waals surface area contributed by atoms with Gasteiger partial charge in [0.15, 0.2) is 0 Å². The lowest BCUT2D eigenvalue weighted by Crippen LogP contribution is -2.03. The van der Waals surface area contributed by atoms with Gasteiger partial charge in [-0.25, -0.2) is 4.79 Å². The van der Waals surface area contributed by atoms with Gasteiger partial charge < -0.3 is 14.5 Å². The zero-order chi connectivity index (χ0) is 17.2. The van der Waals surface area contributed by atoms with Crippen LogP contribution in [0.5, 0.6) is 11.5 Å². The van der Waals surface area contributed by atoms with Crippen molar-refractivity contribution in [2.75, 3.05) is 5.32 Å². The third-order valence-corrected chi connectivity index (χ3v) is 4.68. The van der Waals surface area contributed by atoms with E-state index in [4.69, 9.17) is 9.15 Å². The number of aryl methyl sites for hydroxylation is 1. The lowest BCUT2D eigenvalue weighted by Gasteiger charge is -2.07. The summed E-state index contributed by atoms with van der Waals surface area (Å²) in [7, 11) is 0. The van der Waals surface area contributed by atoms with Crippen LogP contribution in [0.4, 0.5) is 11.7 Å². The fourth-order valence-electron chi connectivity index (χ4n) is 2.39. The summed E-state index contributed by atoms with van der Waals surface area (Å²) in [6, 6.07) is 17.1. The number of nitrogens with zero attached hydrogens (tertiary/aromatic N) is 1. The van der Waals surface area contributed by atoms with Crippen molar-refractivity contribution < 1.29 is 9.15 Å². The van der Waals surface area contributed by atoms with Crippen LogP contribution in [-0.2, 0) is 0 Å². The molecule has 2 heterocycles. The highest BCUT2D eigenvalue weighted by molar-refractivity contribution is 7.17. The molecule has 0 spiro atoms.